The molecule has 1 fully saturated rings. The molecule has 0 saturated carbocycles. The van der Waals surface area contributed by atoms with Crippen LogP contribution in [0.4, 0.5) is 0 Å². The molecule has 0 radical (unpaired) electrons. The number of hydrogen-bond acceptors (Lipinski definition) is 4. The summed E-state index contributed by atoms with van der Waals surface area (Å²) >= 11 is 1.78. The molecule has 0 unspecified atom stereocenters. The zero-order valence-electron chi connectivity index (χ0n) is 15.5. The Morgan fingerprint density at radius 2 is 1.74 bits per heavy atom. The maximum atomic E-state index is 10.9. The number of hydrogen-bond donors (Lipinski definition) is 2. The van der Waals surface area contributed by atoms with E-state index in [1.807, 2.05) is 18.2 Å². The third kappa shape index (κ3) is 3.71. The molecular formula is C23H25NO2S. The Kier molecular flexibility index (Phi) is 5.41. The molecule has 3 aromatic rings. The van der Waals surface area contributed by atoms with Gasteiger partial charge in [0.15, 0.2) is 0 Å². The van der Waals surface area contributed by atoms with E-state index >= 15 is 0 Å². The van der Waals surface area contributed by atoms with Gasteiger partial charge in [0, 0.05) is 28.8 Å². The predicted molar refractivity (Wildman–Crippen MR) is 111 cm³/mol. The molecule has 4 rings (SSSR count). The molecule has 3 atom stereocenters. The van der Waals surface area contributed by atoms with E-state index in [0.717, 1.165) is 13.1 Å². The molecule has 1 aliphatic rings. The van der Waals surface area contributed by atoms with Gasteiger partial charge in [-0.3, -0.25) is 4.90 Å². The van der Waals surface area contributed by atoms with Gasteiger partial charge in [-0.1, -0.05) is 54.6 Å². The number of rotatable bonds is 5. The number of aliphatic hydroxyl groups excluding tert-OH is 2. The van der Waals surface area contributed by atoms with Gasteiger partial charge in [-0.25, -0.2) is 0 Å². The Morgan fingerprint density at radius 3 is 2.48 bits per heavy atom. The Labute approximate surface area is 164 Å². The minimum Gasteiger partial charge on any atom is -0.395 e. The van der Waals surface area contributed by atoms with Gasteiger partial charge in [0.05, 0.1) is 18.8 Å². The first-order valence-corrected chi connectivity index (χ1v) is 10.2. The van der Waals surface area contributed by atoms with Crippen LogP contribution in [0.25, 0.3) is 10.4 Å². The minimum absolute atomic E-state index is 0.0273. The topological polar surface area (TPSA) is 43.7 Å². The standard InChI is InChI=1S/C23H25NO2S/c1-16-7-5-6-10-19(16)20-14-24(21(15-25)23(20)26)13-18-11-12-22(27-18)17-8-3-2-4-9-17/h2-12,20-21,23,25-26H,13-15H2,1H3/t20-,21-,23-/m1/s1. The Balaban J connectivity index is 1.53. The lowest BCUT2D eigenvalue weighted by Gasteiger charge is -2.23. The average Bonchev–Trinajstić information content (AvgIpc) is 3.28. The second kappa shape index (κ2) is 7.95. The van der Waals surface area contributed by atoms with Crippen LogP contribution in [0, 0.1) is 6.92 Å². The van der Waals surface area contributed by atoms with Gasteiger partial charge < -0.3 is 10.2 Å². The molecule has 0 bridgehead atoms. The zero-order valence-corrected chi connectivity index (χ0v) is 16.3. The Morgan fingerprint density at radius 1 is 1.00 bits per heavy atom. The molecule has 0 spiro atoms. The summed E-state index contributed by atoms with van der Waals surface area (Å²) in [6.07, 6.45) is -0.551. The SMILES string of the molecule is Cc1ccccc1[C@H]1CN(Cc2ccc(-c3ccccc3)s2)[C@H](CO)[C@@H]1O. The van der Waals surface area contributed by atoms with Crippen LogP contribution in [0.15, 0.2) is 66.7 Å². The maximum Gasteiger partial charge on any atom is 0.0798 e. The zero-order chi connectivity index (χ0) is 18.8. The fraction of sp³-hybridized carbons (Fsp3) is 0.304. The molecule has 3 nitrogen and oxygen atoms in total. The van der Waals surface area contributed by atoms with E-state index in [9.17, 15) is 10.2 Å². The van der Waals surface area contributed by atoms with Crippen molar-refractivity contribution in [3.63, 3.8) is 0 Å². The van der Waals surface area contributed by atoms with Crippen molar-refractivity contribution in [2.75, 3.05) is 13.2 Å². The largest absolute Gasteiger partial charge is 0.395 e. The summed E-state index contributed by atoms with van der Waals surface area (Å²) in [7, 11) is 0. The average molecular weight is 380 g/mol. The summed E-state index contributed by atoms with van der Waals surface area (Å²) in [6, 6.07) is 22.7. The van der Waals surface area contributed by atoms with Gasteiger partial charge in [-0.05, 0) is 35.7 Å². The molecule has 1 saturated heterocycles. The minimum atomic E-state index is -0.551. The van der Waals surface area contributed by atoms with E-state index in [0.29, 0.717) is 0 Å². The van der Waals surface area contributed by atoms with Crippen LogP contribution in [-0.2, 0) is 6.54 Å². The summed E-state index contributed by atoms with van der Waals surface area (Å²) in [5.74, 6) is 0.0388. The normalized spacial score (nSPS) is 23.0. The fourth-order valence-corrected chi connectivity index (χ4v) is 5.13. The molecule has 1 aromatic heterocycles. The highest BCUT2D eigenvalue weighted by molar-refractivity contribution is 7.15. The maximum absolute atomic E-state index is 10.9. The van der Waals surface area contributed by atoms with Crippen LogP contribution in [0.1, 0.15) is 21.9 Å². The van der Waals surface area contributed by atoms with Crippen molar-refractivity contribution in [2.45, 2.75) is 31.5 Å². The first-order valence-electron chi connectivity index (χ1n) is 9.40. The molecule has 1 aliphatic heterocycles. The number of aryl methyl sites for hydroxylation is 1. The fourth-order valence-electron chi connectivity index (χ4n) is 4.09. The molecule has 2 N–H and O–H groups in total. The van der Waals surface area contributed by atoms with E-state index in [-0.39, 0.29) is 18.6 Å². The van der Waals surface area contributed by atoms with Gasteiger partial charge in [-0.15, -0.1) is 11.3 Å². The van der Waals surface area contributed by atoms with Crippen molar-refractivity contribution < 1.29 is 10.2 Å². The predicted octanol–water partition coefficient (Wildman–Crippen LogP) is 4.04. The van der Waals surface area contributed by atoms with E-state index in [2.05, 4.69) is 60.4 Å². The molecule has 27 heavy (non-hydrogen) atoms. The quantitative estimate of drug-likeness (QED) is 0.703. The molecule has 2 aromatic carbocycles. The summed E-state index contributed by atoms with van der Waals surface area (Å²) < 4.78 is 0. The summed E-state index contributed by atoms with van der Waals surface area (Å²) in [4.78, 5) is 4.73. The second-order valence-electron chi connectivity index (χ2n) is 7.27. The van der Waals surface area contributed by atoms with Crippen molar-refractivity contribution in [1.29, 1.82) is 0 Å². The number of aliphatic hydroxyl groups is 2. The van der Waals surface area contributed by atoms with Gasteiger partial charge in [0.1, 0.15) is 0 Å². The smallest absolute Gasteiger partial charge is 0.0798 e. The van der Waals surface area contributed by atoms with E-state index in [1.54, 1.807) is 11.3 Å². The lowest BCUT2D eigenvalue weighted by atomic mass is 9.90. The van der Waals surface area contributed by atoms with Crippen LogP contribution < -0.4 is 0 Å². The van der Waals surface area contributed by atoms with E-state index in [1.165, 1.54) is 26.4 Å². The lowest BCUT2D eigenvalue weighted by molar-refractivity contribution is 0.0644. The van der Waals surface area contributed by atoms with Crippen molar-refractivity contribution in [2.24, 2.45) is 0 Å². The highest BCUT2D eigenvalue weighted by atomic mass is 32.1. The summed E-state index contributed by atoms with van der Waals surface area (Å²) in [5, 5.41) is 20.8. The summed E-state index contributed by atoms with van der Waals surface area (Å²) in [5.41, 5.74) is 3.61. The van der Waals surface area contributed by atoms with Crippen LogP contribution in [-0.4, -0.2) is 40.4 Å². The van der Waals surface area contributed by atoms with Crippen LogP contribution in [0.5, 0.6) is 0 Å². The van der Waals surface area contributed by atoms with Crippen molar-refractivity contribution in [3.8, 4) is 10.4 Å². The van der Waals surface area contributed by atoms with Gasteiger partial charge in [-0.2, -0.15) is 0 Å². The second-order valence-corrected chi connectivity index (χ2v) is 8.43. The molecular weight excluding hydrogens is 354 g/mol. The highest BCUT2D eigenvalue weighted by Crippen LogP contribution is 2.36. The third-order valence-electron chi connectivity index (χ3n) is 5.56. The first-order chi connectivity index (χ1) is 13.2. The first kappa shape index (κ1) is 18.4. The van der Waals surface area contributed by atoms with Crippen LogP contribution in [0.2, 0.25) is 0 Å². The van der Waals surface area contributed by atoms with Crippen molar-refractivity contribution in [1.82, 2.24) is 4.90 Å². The lowest BCUT2D eigenvalue weighted by Crippen LogP contribution is -2.37. The Hall–Kier alpha value is -1.98. The van der Waals surface area contributed by atoms with Crippen molar-refractivity contribution in [3.05, 3.63) is 82.7 Å². The van der Waals surface area contributed by atoms with Gasteiger partial charge >= 0.3 is 0 Å². The summed E-state index contributed by atoms with van der Waals surface area (Å²) in [6.45, 7) is 3.57. The monoisotopic (exact) mass is 379 g/mol. The molecule has 0 amide bonds. The van der Waals surface area contributed by atoms with E-state index < -0.39 is 6.10 Å². The molecule has 4 heteroatoms. The highest BCUT2D eigenvalue weighted by Gasteiger charge is 2.41. The third-order valence-corrected chi connectivity index (χ3v) is 6.68. The number of thiophene rings is 1. The van der Waals surface area contributed by atoms with Crippen LogP contribution >= 0.6 is 11.3 Å². The van der Waals surface area contributed by atoms with Gasteiger partial charge in [0.2, 0.25) is 0 Å². The molecule has 0 aliphatic carbocycles. The van der Waals surface area contributed by atoms with Crippen molar-refractivity contribution >= 4 is 11.3 Å². The van der Waals surface area contributed by atoms with Gasteiger partial charge in [0.25, 0.3) is 0 Å². The Bertz CT molecular complexity index is 892. The number of likely N-dealkylation sites (tertiary alicyclic amines) is 1. The number of benzene rings is 2. The molecule has 2 heterocycles. The molecule has 140 valence electrons. The van der Waals surface area contributed by atoms with E-state index in [4.69, 9.17) is 0 Å². The van der Waals surface area contributed by atoms with Crippen LogP contribution in [0.3, 0.4) is 0 Å². The number of nitrogens with zero attached hydrogens (tertiary/aromatic N) is 1.